The third kappa shape index (κ3) is 7.63. The normalized spacial score (nSPS) is 11.8. The van der Waals surface area contributed by atoms with Crippen LogP contribution in [0.15, 0.2) is 42.5 Å². The molecule has 0 aliphatic carbocycles. The molecule has 1 unspecified atom stereocenters. The largest absolute Gasteiger partial charge is 0.484 e. The van der Waals surface area contributed by atoms with Gasteiger partial charge < -0.3 is 15.0 Å². The topological polar surface area (TPSA) is 58.6 Å². The minimum Gasteiger partial charge on any atom is -0.484 e. The van der Waals surface area contributed by atoms with Crippen LogP contribution in [0.1, 0.15) is 26.3 Å². The minimum atomic E-state index is -0.691. The monoisotopic (exact) mass is 562 g/mol. The smallest absolute Gasteiger partial charge is 0.261 e. The molecule has 0 saturated heterocycles. The fourth-order valence-electron chi connectivity index (χ4n) is 2.63. The molecular formula is C22H25Cl2IN2O3. The van der Waals surface area contributed by atoms with E-state index in [1.165, 1.54) is 4.90 Å². The van der Waals surface area contributed by atoms with E-state index in [4.69, 9.17) is 27.9 Å². The summed E-state index contributed by atoms with van der Waals surface area (Å²) in [4.78, 5) is 27.1. The summed E-state index contributed by atoms with van der Waals surface area (Å²) in [5.41, 5.74) is 0.701. The SMILES string of the molecule is CC(C)CNC(=O)C(C)N(Cc1ccc(Cl)cc1Cl)C(=O)COc1ccc(I)cc1. The lowest BCUT2D eigenvalue weighted by atomic mass is 10.1. The van der Waals surface area contributed by atoms with Crippen LogP contribution in [-0.2, 0) is 16.1 Å². The predicted octanol–water partition coefficient (Wildman–Crippen LogP) is 5.17. The summed E-state index contributed by atoms with van der Waals surface area (Å²) in [5.74, 6) is 0.355. The van der Waals surface area contributed by atoms with E-state index in [0.29, 0.717) is 33.8 Å². The first-order valence-electron chi connectivity index (χ1n) is 9.57. The molecule has 162 valence electrons. The molecular weight excluding hydrogens is 538 g/mol. The Hall–Kier alpha value is -1.51. The van der Waals surface area contributed by atoms with Gasteiger partial charge in [-0.1, -0.05) is 43.1 Å². The molecule has 0 aliphatic heterocycles. The molecule has 0 bridgehead atoms. The number of nitrogens with zero attached hydrogens (tertiary/aromatic N) is 1. The molecule has 0 radical (unpaired) electrons. The third-order valence-corrected chi connectivity index (χ3v) is 5.69. The first-order valence-corrected chi connectivity index (χ1v) is 11.4. The van der Waals surface area contributed by atoms with E-state index in [0.717, 1.165) is 3.57 Å². The Morgan fingerprint density at radius 2 is 1.77 bits per heavy atom. The van der Waals surface area contributed by atoms with E-state index in [9.17, 15) is 9.59 Å². The maximum atomic E-state index is 13.0. The molecule has 2 aromatic rings. The molecule has 0 spiro atoms. The van der Waals surface area contributed by atoms with E-state index >= 15 is 0 Å². The molecule has 30 heavy (non-hydrogen) atoms. The number of nitrogens with one attached hydrogen (secondary N) is 1. The van der Waals surface area contributed by atoms with Gasteiger partial charge in [0, 0.05) is 26.7 Å². The summed E-state index contributed by atoms with van der Waals surface area (Å²) < 4.78 is 6.71. The second kappa shape index (κ2) is 11.8. The van der Waals surface area contributed by atoms with Gasteiger partial charge in [-0.2, -0.15) is 0 Å². The lowest BCUT2D eigenvalue weighted by Crippen LogP contribution is -2.49. The molecule has 0 heterocycles. The molecule has 1 atom stereocenters. The number of hydrogen-bond acceptors (Lipinski definition) is 3. The van der Waals surface area contributed by atoms with Gasteiger partial charge in [0.2, 0.25) is 5.91 Å². The van der Waals surface area contributed by atoms with Crippen molar-refractivity contribution >= 4 is 57.6 Å². The fraction of sp³-hybridized carbons (Fsp3) is 0.364. The van der Waals surface area contributed by atoms with Crippen molar-refractivity contribution in [3.8, 4) is 5.75 Å². The van der Waals surface area contributed by atoms with Gasteiger partial charge in [-0.25, -0.2) is 0 Å². The Bertz CT molecular complexity index is 875. The van der Waals surface area contributed by atoms with Gasteiger partial charge in [0.15, 0.2) is 6.61 Å². The molecule has 2 rings (SSSR count). The summed E-state index contributed by atoms with van der Waals surface area (Å²) >= 11 is 14.5. The highest BCUT2D eigenvalue weighted by Gasteiger charge is 2.27. The number of carbonyl (C=O) groups is 2. The summed E-state index contributed by atoms with van der Waals surface area (Å²) in [7, 11) is 0. The van der Waals surface area contributed by atoms with Crippen molar-refractivity contribution < 1.29 is 14.3 Å². The van der Waals surface area contributed by atoms with Gasteiger partial charge in [0.1, 0.15) is 11.8 Å². The van der Waals surface area contributed by atoms with Gasteiger partial charge in [0.25, 0.3) is 5.91 Å². The van der Waals surface area contributed by atoms with Crippen molar-refractivity contribution in [1.82, 2.24) is 10.2 Å². The first kappa shape index (κ1) is 24.8. The molecule has 8 heteroatoms. The number of rotatable bonds is 9. The molecule has 1 N–H and O–H groups in total. The van der Waals surface area contributed by atoms with Crippen LogP contribution in [0.2, 0.25) is 10.0 Å². The van der Waals surface area contributed by atoms with Crippen LogP contribution in [-0.4, -0.2) is 35.9 Å². The number of halogens is 3. The van der Waals surface area contributed by atoms with Crippen LogP contribution in [0.4, 0.5) is 0 Å². The minimum absolute atomic E-state index is 0.168. The molecule has 2 aromatic carbocycles. The van der Waals surface area contributed by atoms with Crippen LogP contribution >= 0.6 is 45.8 Å². The lowest BCUT2D eigenvalue weighted by molar-refractivity contribution is -0.142. The van der Waals surface area contributed by atoms with E-state index in [2.05, 4.69) is 27.9 Å². The van der Waals surface area contributed by atoms with E-state index in [-0.39, 0.29) is 25.0 Å². The summed E-state index contributed by atoms with van der Waals surface area (Å²) in [5, 5.41) is 3.82. The van der Waals surface area contributed by atoms with Crippen LogP contribution < -0.4 is 10.1 Å². The average Bonchev–Trinajstić information content (AvgIpc) is 2.70. The van der Waals surface area contributed by atoms with Crippen molar-refractivity contribution in [3.05, 3.63) is 61.6 Å². The Balaban J connectivity index is 2.16. The highest BCUT2D eigenvalue weighted by molar-refractivity contribution is 14.1. The Labute approximate surface area is 201 Å². The summed E-state index contributed by atoms with van der Waals surface area (Å²) in [6, 6.07) is 11.8. The third-order valence-electron chi connectivity index (χ3n) is 4.38. The number of benzene rings is 2. The van der Waals surface area contributed by atoms with E-state index in [1.54, 1.807) is 37.3 Å². The van der Waals surface area contributed by atoms with Crippen molar-refractivity contribution in [2.24, 2.45) is 5.92 Å². The van der Waals surface area contributed by atoms with Crippen LogP contribution in [0.3, 0.4) is 0 Å². The van der Waals surface area contributed by atoms with Gasteiger partial charge in [-0.05, 0) is 77.4 Å². The van der Waals surface area contributed by atoms with Gasteiger partial charge in [-0.3, -0.25) is 9.59 Å². The maximum absolute atomic E-state index is 13.0. The Morgan fingerprint density at radius 3 is 2.37 bits per heavy atom. The zero-order valence-corrected chi connectivity index (χ0v) is 20.8. The Kier molecular flexibility index (Phi) is 9.71. The zero-order valence-electron chi connectivity index (χ0n) is 17.1. The molecule has 0 fully saturated rings. The number of amides is 2. The first-order chi connectivity index (χ1) is 14.2. The van der Waals surface area contributed by atoms with Gasteiger partial charge in [-0.15, -0.1) is 0 Å². The van der Waals surface area contributed by atoms with E-state index < -0.39 is 6.04 Å². The highest BCUT2D eigenvalue weighted by Crippen LogP contribution is 2.23. The molecule has 0 aliphatic rings. The average molecular weight is 563 g/mol. The van der Waals surface area contributed by atoms with Crippen molar-refractivity contribution in [1.29, 1.82) is 0 Å². The van der Waals surface area contributed by atoms with Crippen LogP contribution in [0.5, 0.6) is 5.75 Å². The summed E-state index contributed by atoms with van der Waals surface area (Å²) in [6.45, 7) is 6.23. The van der Waals surface area contributed by atoms with Crippen LogP contribution in [0.25, 0.3) is 0 Å². The van der Waals surface area contributed by atoms with Gasteiger partial charge >= 0.3 is 0 Å². The van der Waals surface area contributed by atoms with Crippen LogP contribution in [0, 0.1) is 9.49 Å². The predicted molar refractivity (Wildman–Crippen MR) is 129 cm³/mol. The second-order valence-corrected chi connectivity index (χ2v) is 9.40. The summed E-state index contributed by atoms with van der Waals surface area (Å²) in [6.07, 6.45) is 0. The quantitative estimate of drug-likeness (QED) is 0.429. The molecule has 0 aromatic heterocycles. The van der Waals surface area contributed by atoms with Crippen molar-refractivity contribution in [2.75, 3.05) is 13.2 Å². The van der Waals surface area contributed by atoms with Crippen molar-refractivity contribution in [2.45, 2.75) is 33.4 Å². The maximum Gasteiger partial charge on any atom is 0.261 e. The molecule has 0 saturated carbocycles. The fourth-order valence-corrected chi connectivity index (χ4v) is 3.46. The highest BCUT2D eigenvalue weighted by atomic mass is 127. The zero-order chi connectivity index (χ0) is 22.3. The van der Waals surface area contributed by atoms with E-state index in [1.807, 2.05) is 26.0 Å². The molecule has 5 nitrogen and oxygen atoms in total. The number of hydrogen-bond donors (Lipinski definition) is 1. The number of carbonyl (C=O) groups excluding carboxylic acids is 2. The lowest BCUT2D eigenvalue weighted by Gasteiger charge is -2.29. The Morgan fingerprint density at radius 1 is 1.10 bits per heavy atom. The van der Waals surface area contributed by atoms with Gasteiger partial charge in [0.05, 0.1) is 0 Å². The second-order valence-electron chi connectivity index (χ2n) is 7.31. The van der Waals surface area contributed by atoms with Crippen molar-refractivity contribution in [3.63, 3.8) is 0 Å². The number of ether oxygens (including phenoxy) is 1. The molecule has 2 amide bonds. The standard InChI is InChI=1S/C22H25Cl2IN2O3/c1-14(2)11-26-22(29)15(3)27(12-16-4-5-17(23)10-20(16)24)21(28)13-30-19-8-6-18(25)7-9-19/h4-10,14-15H,11-13H2,1-3H3,(H,26,29).